The molecule has 0 aromatic carbocycles. The van der Waals surface area contributed by atoms with Gasteiger partial charge in [0, 0.05) is 0 Å². The van der Waals surface area contributed by atoms with Crippen molar-refractivity contribution in [2.75, 3.05) is 13.2 Å². The first-order valence-corrected chi connectivity index (χ1v) is 8.95. The smallest absolute Gasteiger partial charge is 0.199 e. The van der Waals surface area contributed by atoms with E-state index in [1.165, 1.54) is 19.3 Å². The predicted octanol–water partition coefficient (Wildman–Crippen LogP) is 3.84. The molecule has 2 aliphatic heterocycles. The largest absolute Gasteiger partial charge is 0.478 e. The number of rotatable bonds is 4. The molecule has 2 heterocycles. The molecule has 1 saturated carbocycles. The molecular formula is C18H30N2O2. The summed E-state index contributed by atoms with van der Waals surface area (Å²) in [5.74, 6) is 2.86. The third-order valence-electron chi connectivity index (χ3n) is 5.41. The van der Waals surface area contributed by atoms with Crippen molar-refractivity contribution in [3.8, 4) is 0 Å². The lowest BCUT2D eigenvalue weighted by Gasteiger charge is -2.35. The van der Waals surface area contributed by atoms with Crippen molar-refractivity contribution in [3.05, 3.63) is 0 Å². The minimum absolute atomic E-state index is 0.175. The summed E-state index contributed by atoms with van der Waals surface area (Å²) < 4.78 is 12.1. The maximum atomic E-state index is 6.07. The number of aliphatic imine (C=N–C) groups is 2. The molecule has 2 atom stereocenters. The zero-order valence-corrected chi connectivity index (χ0v) is 14.5. The summed E-state index contributed by atoms with van der Waals surface area (Å²) in [5, 5.41) is 0. The lowest BCUT2D eigenvalue weighted by molar-refractivity contribution is 0.212. The van der Waals surface area contributed by atoms with Crippen LogP contribution in [0.2, 0.25) is 0 Å². The quantitative estimate of drug-likeness (QED) is 0.792. The van der Waals surface area contributed by atoms with Crippen LogP contribution in [0, 0.1) is 17.3 Å². The van der Waals surface area contributed by atoms with Crippen molar-refractivity contribution in [1.82, 2.24) is 0 Å². The van der Waals surface area contributed by atoms with Gasteiger partial charge < -0.3 is 9.47 Å². The Hall–Kier alpha value is -1.06. The highest BCUT2D eigenvalue weighted by atomic mass is 16.5. The SMILES string of the molecule is CC(C)C1COC(C2(C3=NC(C(C)C)CO3)CCCCC2)=N1. The normalized spacial score (nSPS) is 31.0. The molecule has 0 radical (unpaired) electrons. The lowest BCUT2D eigenvalue weighted by Crippen LogP contribution is -2.41. The Kier molecular flexibility index (Phi) is 4.47. The minimum Gasteiger partial charge on any atom is -0.478 e. The van der Waals surface area contributed by atoms with Crippen LogP contribution in [0.25, 0.3) is 0 Å². The summed E-state index contributed by atoms with van der Waals surface area (Å²) in [4.78, 5) is 9.86. The van der Waals surface area contributed by atoms with Crippen molar-refractivity contribution in [3.63, 3.8) is 0 Å². The van der Waals surface area contributed by atoms with Crippen molar-refractivity contribution in [2.24, 2.45) is 27.2 Å². The molecule has 4 heteroatoms. The molecule has 0 N–H and O–H groups in total. The zero-order chi connectivity index (χ0) is 15.7. The summed E-state index contributed by atoms with van der Waals surface area (Å²) in [6.45, 7) is 10.3. The van der Waals surface area contributed by atoms with E-state index >= 15 is 0 Å². The maximum Gasteiger partial charge on any atom is 0.199 e. The summed E-state index contributed by atoms with van der Waals surface area (Å²) in [7, 11) is 0. The van der Waals surface area contributed by atoms with Crippen LogP contribution < -0.4 is 0 Å². The topological polar surface area (TPSA) is 43.2 Å². The van der Waals surface area contributed by atoms with Gasteiger partial charge in [-0.15, -0.1) is 0 Å². The van der Waals surface area contributed by atoms with Crippen LogP contribution >= 0.6 is 0 Å². The second-order valence-corrected chi connectivity index (χ2v) is 7.76. The monoisotopic (exact) mass is 306 g/mol. The molecule has 0 spiro atoms. The Bertz CT molecular complexity index is 426. The minimum atomic E-state index is -0.175. The van der Waals surface area contributed by atoms with Crippen molar-refractivity contribution in [2.45, 2.75) is 71.9 Å². The third-order valence-corrected chi connectivity index (χ3v) is 5.41. The highest BCUT2D eigenvalue weighted by molar-refractivity contribution is 6.06. The Labute approximate surface area is 134 Å². The fraction of sp³-hybridized carbons (Fsp3) is 0.889. The van der Waals surface area contributed by atoms with Crippen LogP contribution in [0.5, 0.6) is 0 Å². The molecule has 22 heavy (non-hydrogen) atoms. The van der Waals surface area contributed by atoms with Gasteiger partial charge in [0.1, 0.15) is 18.6 Å². The molecule has 4 nitrogen and oxygen atoms in total. The zero-order valence-electron chi connectivity index (χ0n) is 14.5. The van der Waals surface area contributed by atoms with E-state index < -0.39 is 0 Å². The van der Waals surface area contributed by atoms with Crippen LogP contribution in [0.4, 0.5) is 0 Å². The van der Waals surface area contributed by atoms with E-state index in [0.717, 1.165) is 37.9 Å². The molecule has 1 aliphatic carbocycles. The van der Waals surface area contributed by atoms with E-state index in [4.69, 9.17) is 19.5 Å². The number of hydrogen-bond donors (Lipinski definition) is 0. The van der Waals surface area contributed by atoms with Crippen molar-refractivity contribution in [1.29, 1.82) is 0 Å². The van der Waals surface area contributed by atoms with Gasteiger partial charge in [0.25, 0.3) is 0 Å². The summed E-state index contributed by atoms with van der Waals surface area (Å²) in [5.41, 5.74) is -0.175. The van der Waals surface area contributed by atoms with Crippen LogP contribution in [0.15, 0.2) is 9.98 Å². The van der Waals surface area contributed by atoms with Crippen LogP contribution in [-0.2, 0) is 9.47 Å². The molecule has 1 fully saturated rings. The van der Waals surface area contributed by atoms with Gasteiger partial charge in [0.05, 0.1) is 12.1 Å². The molecule has 2 unspecified atom stereocenters. The maximum absolute atomic E-state index is 6.07. The summed E-state index contributed by atoms with van der Waals surface area (Å²) in [6.07, 6.45) is 5.86. The molecule has 0 aromatic rings. The molecular weight excluding hydrogens is 276 g/mol. The second-order valence-electron chi connectivity index (χ2n) is 7.76. The Morgan fingerprint density at radius 1 is 0.818 bits per heavy atom. The first-order chi connectivity index (χ1) is 10.5. The second kappa shape index (κ2) is 6.21. The van der Waals surface area contributed by atoms with Crippen molar-refractivity contribution < 1.29 is 9.47 Å². The van der Waals surface area contributed by atoms with E-state index in [2.05, 4.69) is 27.7 Å². The van der Waals surface area contributed by atoms with Gasteiger partial charge in [-0.05, 0) is 24.7 Å². The third kappa shape index (κ3) is 2.77. The van der Waals surface area contributed by atoms with Gasteiger partial charge in [0.2, 0.25) is 0 Å². The molecule has 3 rings (SSSR count). The Balaban J connectivity index is 1.90. The average Bonchev–Trinajstić information content (AvgIpc) is 3.18. The molecule has 124 valence electrons. The highest BCUT2D eigenvalue weighted by Gasteiger charge is 2.49. The van der Waals surface area contributed by atoms with Crippen LogP contribution in [-0.4, -0.2) is 37.1 Å². The van der Waals surface area contributed by atoms with Gasteiger partial charge in [-0.2, -0.15) is 0 Å². The van der Waals surface area contributed by atoms with Gasteiger partial charge in [0.15, 0.2) is 11.8 Å². The Morgan fingerprint density at radius 3 is 1.64 bits per heavy atom. The lowest BCUT2D eigenvalue weighted by atomic mass is 9.73. The fourth-order valence-corrected chi connectivity index (χ4v) is 3.66. The number of ether oxygens (including phenoxy) is 2. The van der Waals surface area contributed by atoms with E-state index in [1.54, 1.807) is 0 Å². The van der Waals surface area contributed by atoms with Crippen molar-refractivity contribution >= 4 is 11.8 Å². The number of hydrogen-bond acceptors (Lipinski definition) is 4. The fourth-order valence-electron chi connectivity index (χ4n) is 3.66. The van der Waals surface area contributed by atoms with E-state index in [9.17, 15) is 0 Å². The van der Waals surface area contributed by atoms with E-state index in [0.29, 0.717) is 11.8 Å². The summed E-state index contributed by atoms with van der Waals surface area (Å²) in [6, 6.07) is 0.577. The predicted molar refractivity (Wildman–Crippen MR) is 89.5 cm³/mol. The van der Waals surface area contributed by atoms with Gasteiger partial charge in [-0.1, -0.05) is 47.0 Å². The van der Waals surface area contributed by atoms with Crippen LogP contribution in [0.1, 0.15) is 59.8 Å². The van der Waals surface area contributed by atoms with Crippen LogP contribution in [0.3, 0.4) is 0 Å². The van der Waals surface area contributed by atoms with E-state index in [-0.39, 0.29) is 17.5 Å². The molecule has 0 amide bonds. The molecule has 0 saturated heterocycles. The Morgan fingerprint density at radius 2 is 1.27 bits per heavy atom. The van der Waals surface area contributed by atoms with E-state index in [1.807, 2.05) is 0 Å². The molecule has 3 aliphatic rings. The van der Waals surface area contributed by atoms with Gasteiger partial charge in [-0.25, -0.2) is 9.98 Å². The standard InChI is InChI=1S/C18H30N2O2/c1-12(2)14-10-21-16(19-14)18(8-6-5-7-9-18)17-20-15(11-22-17)13(3)4/h12-15H,5-11H2,1-4H3. The molecule has 0 bridgehead atoms. The first-order valence-electron chi connectivity index (χ1n) is 8.95. The average molecular weight is 306 g/mol. The highest BCUT2D eigenvalue weighted by Crippen LogP contribution is 2.43. The summed E-state index contributed by atoms with van der Waals surface area (Å²) >= 11 is 0. The molecule has 0 aromatic heterocycles. The van der Waals surface area contributed by atoms with Gasteiger partial charge >= 0.3 is 0 Å². The first kappa shape index (κ1) is 15.8. The number of nitrogens with zero attached hydrogens (tertiary/aromatic N) is 2. The van der Waals surface area contributed by atoms with Gasteiger partial charge in [-0.3, -0.25) is 0 Å².